The van der Waals surface area contributed by atoms with Crippen molar-refractivity contribution < 1.29 is 0 Å². The Balaban J connectivity index is 3.11. The fourth-order valence-electron chi connectivity index (χ4n) is 3.84. The highest BCUT2D eigenvalue weighted by molar-refractivity contribution is 5.10. The van der Waals surface area contributed by atoms with Crippen molar-refractivity contribution in [2.75, 3.05) is 0 Å². The maximum absolute atomic E-state index is 3.95. The van der Waals surface area contributed by atoms with Crippen LogP contribution in [-0.4, -0.2) is 0 Å². The molecule has 0 N–H and O–H groups in total. The molecule has 0 spiro atoms. The van der Waals surface area contributed by atoms with Gasteiger partial charge in [0, 0.05) is 0 Å². The molecular formula is C17H26. The first kappa shape index (κ1) is 14.0. The second kappa shape index (κ2) is 6.05. The molecular weight excluding hydrogens is 204 g/mol. The van der Waals surface area contributed by atoms with Gasteiger partial charge in [-0.15, -0.1) is 26.3 Å². The SMILES string of the molecule is C=CCC1(CC=C)CCCC1(CC=C)CC=C. The van der Waals surface area contributed by atoms with Gasteiger partial charge in [-0.2, -0.15) is 0 Å². The van der Waals surface area contributed by atoms with Gasteiger partial charge >= 0.3 is 0 Å². The van der Waals surface area contributed by atoms with Crippen LogP contribution in [0.5, 0.6) is 0 Å². The molecule has 0 aliphatic heterocycles. The normalized spacial score (nSPS) is 20.7. The van der Waals surface area contributed by atoms with Crippen molar-refractivity contribution >= 4 is 0 Å². The van der Waals surface area contributed by atoms with E-state index in [0.717, 1.165) is 25.7 Å². The predicted molar refractivity (Wildman–Crippen MR) is 78.0 cm³/mol. The molecule has 0 atom stereocenters. The van der Waals surface area contributed by atoms with E-state index in [1.54, 1.807) is 0 Å². The molecule has 0 unspecified atom stereocenters. The summed E-state index contributed by atoms with van der Waals surface area (Å²) in [4.78, 5) is 0. The molecule has 1 saturated carbocycles. The molecule has 1 aliphatic carbocycles. The Morgan fingerprint density at radius 1 is 0.647 bits per heavy atom. The average molecular weight is 230 g/mol. The van der Waals surface area contributed by atoms with Gasteiger partial charge < -0.3 is 0 Å². The lowest BCUT2D eigenvalue weighted by atomic mass is 9.59. The van der Waals surface area contributed by atoms with Crippen molar-refractivity contribution in [1.82, 2.24) is 0 Å². The lowest BCUT2D eigenvalue weighted by molar-refractivity contribution is 0.0792. The molecule has 0 bridgehead atoms. The minimum Gasteiger partial charge on any atom is -0.103 e. The van der Waals surface area contributed by atoms with E-state index >= 15 is 0 Å². The second-order valence-corrected chi connectivity index (χ2v) is 5.39. The van der Waals surface area contributed by atoms with Crippen molar-refractivity contribution in [1.29, 1.82) is 0 Å². The van der Waals surface area contributed by atoms with Crippen molar-refractivity contribution in [3.63, 3.8) is 0 Å². The lowest BCUT2D eigenvalue weighted by Crippen LogP contribution is -2.36. The van der Waals surface area contributed by atoms with Crippen LogP contribution in [0.2, 0.25) is 0 Å². The second-order valence-electron chi connectivity index (χ2n) is 5.39. The summed E-state index contributed by atoms with van der Waals surface area (Å²) in [7, 11) is 0. The fourth-order valence-corrected chi connectivity index (χ4v) is 3.84. The van der Waals surface area contributed by atoms with Gasteiger partial charge in [0.15, 0.2) is 0 Å². The largest absolute Gasteiger partial charge is 0.103 e. The first-order valence-corrected chi connectivity index (χ1v) is 6.64. The van der Waals surface area contributed by atoms with Gasteiger partial charge in [-0.05, 0) is 49.4 Å². The van der Waals surface area contributed by atoms with Gasteiger partial charge in [0.2, 0.25) is 0 Å². The Hall–Kier alpha value is -1.04. The van der Waals surface area contributed by atoms with E-state index < -0.39 is 0 Å². The van der Waals surface area contributed by atoms with Crippen LogP contribution in [0.15, 0.2) is 50.6 Å². The van der Waals surface area contributed by atoms with E-state index in [9.17, 15) is 0 Å². The predicted octanol–water partition coefficient (Wildman–Crippen LogP) is 5.45. The molecule has 0 saturated heterocycles. The van der Waals surface area contributed by atoms with Gasteiger partial charge in [0.05, 0.1) is 0 Å². The highest BCUT2D eigenvalue weighted by Crippen LogP contribution is 2.61. The molecule has 0 aromatic rings. The Morgan fingerprint density at radius 3 is 1.18 bits per heavy atom. The molecule has 94 valence electrons. The zero-order valence-electron chi connectivity index (χ0n) is 11.1. The van der Waals surface area contributed by atoms with Crippen LogP contribution in [-0.2, 0) is 0 Å². The Kier molecular flexibility index (Phi) is 4.99. The molecule has 0 aromatic heterocycles. The van der Waals surface area contributed by atoms with Crippen LogP contribution in [0.3, 0.4) is 0 Å². The average Bonchev–Trinajstić information content (AvgIpc) is 2.60. The summed E-state index contributed by atoms with van der Waals surface area (Å²) >= 11 is 0. The van der Waals surface area contributed by atoms with E-state index in [0.29, 0.717) is 10.8 Å². The molecule has 0 heteroatoms. The van der Waals surface area contributed by atoms with Gasteiger partial charge in [0.25, 0.3) is 0 Å². The van der Waals surface area contributed by atoms with Crippen LogP contribution in [0.4, 0.5) is 0 Å². The monoisotopic (exact) mass is 230 g/mol. The lowest BCUT2D eigenvalue weighted by Gasteiger charge is -2.45. The molecule has 1 fully saturated rings. The first-order chi connectivity index (χ1) is 8.20. The summed E-state index contributed by atoms with van der Waals surface area (Å²) in [5.41, 5.74) is 0.664. The highest BCUT2D eigenvalue weighted by atomic mass is 14.5. The molecule has 0 heterocycles. The third-order valence-electron chi connectivity index (χ3n) is 4.58. The first-order valence-electron chi connectivity index (χ1n) is 6.64. The zero-order chi connectivity index (χ0) is 12.8. The van der Waals surface area contributed by atoms with E-state index in [4.69, 9.17) is 0 Å². The number of allylic oxidation sites excluding steroid dienone is 4. The van der Waals surface area contributed by atoms with E-state index in [2.05, 4.69) is 50.6 Å². The molecule has 1 rings (SSSR count). The number of hydrogen-bond acceptors (Lipinski definition) is 0. The van der Waals surface area contributed by atoms with Crippen molar-refractivity contribution in [2.45, 2.75) is 44.9 Å². The molecule has 1 aliphatic rings. The molecule has 0 amide bonds. The Bertz CT molecular complexity index is 245. The van der Waals surface area contributed by atoms with E-state index in [-0.39, 0.29) is 0 Å². The smallest absolute Gasteiger partial charge is 0.0166 e. The van der Waals surface area contributed by atoms with Gasteiger partial charge in [-0.1, -0.05) is 30.7 Å². The zero-order valence-corrected chi connectivity index (χ0v) is 11.1. The van der Waals surface area contributed by atoms with Gasteiger partial charge in [-0.25, -0.2) is 0 Å². The minimum atomic E-state index is 0.332. The van der Waals surface area contributed by atoms with Crippen LogP contribution in [0, 0.1) is 10.8 Å². The summed E-state index contributed by atoms with van der Waals surface area (Å²) in [6.45, 7) is 15.8. The summed E-state index contributed by atoms with van der Waals surface area (Å²) < 4.78 is 0. The summed E-state index contributed by atoms with van der Waals surface area (Å²) in [5.74, 6) is 0. The van der Waals surface area contributed by atoms with Crippen molar-refractivity contribution in [3.8, 4) is 0 Å². The van der Waals surface area contributed by atoms with Crippen LogP contribution >= 0.6 is 0 Å². The maximum Gasteiger partial charge on any atom is -0.0166 e. The van der Waals surface area contributed by atoms with Crippen LogP contribution < -0.4 is 0 Å². The van der Waals surface area contributed by atoms with Gasteiger partial charge in [-0.3, -0.25) is 0 Å². The highest BCUT2D eigenvalue weighted by Gasteiger charge is 2.51. The van der Waals surface area contributed by atoms with Gasteiger partial charge in [0.1, 0.15) is 0 Å². The minimum absolute atomic E-state index is 0.332. The van der Waals surface area contributed by atoms with Crippen LogP contribution in [0.25, 0.3) is 0 Å². The van der Waals surface area contributed by atoms with Crippen molar-refractivity contribution in [3.05, 3.63) is 50.6 Å². The van der Waals surface area contributed by atoms with E-state index in [1.807, 2.05) is 0 Å². The van der Waals surface area contributed by atoms with E-state index in [1.165, 1.54) is 19.3 Å². The molecule has 0 radical (unpaired) electrons. The number of hydrogen-bond donors (Lipinski definition) is 0. The topological polar surface area (TPSA) is 0 Å². The third-order valence-corrected chi connectivity index (χ3v) is 4.58. The summed E-state index contributed by atoms with van der Waals surface area (Å²) in [6, 6.07) is 0. The Labute approximate surface area is 107 Å². The molecule has 0 nitrogen and oxygen atoms in total. The maximum atomic E-state index is 3.95. The fraction of sp³-hybridized carbons (Fsp3) is 0.529. The quantitative estimate of drug-likeness (QED) is 0.486. The molecule has 17 heavy (non-hydrogen) atoms. The third kappa shape index (κ3) is 2.46. The summed E-state index contributed by atoms with van der Waals surface area (Å²) in [6.07, 6.45) is 16.5. The summed E-state index contributed by atoms with van der Waals surface area (Å²) in [5, 5.41) is 0. The number of rotatable bonds is 8. The Morgan fingerprint density at radius 2 is 0.941 bits per heavy atom. The molecule has 0 aromatic carbocycles. The van der Waals surface area contributed by atoms with Crippen LogP contribution in [0.1, 0.15) is 44.9 Å². The standard InChI is InChI=1S/C17H26/c1-5-10-16(11-6-2)14-9-15-17(16,12-7-3)13-8-4/h5-8H,1-4,9-15H2. The van der Waals surface area contributed by atoms with Crippen molar-refractivity contribution in [2.24, 2.45) is 10.8 Å².